The van der Waals surface area contributed by atoms with Crippen LogP contribution in [0.3, 0.4) is 0 Å². The Balaban J connectivity index is 2.71. The van der Waals surface area contributed by atoms with E-state index in [1.165, 1.54) is 22.4 Å². The van der Waals surface area contributed by atoms with Gasteiger partial charge in [-0.25, -0.2) is 0 Å². The van der Waals surface area contributed by atoms with Gasteiger partial charge in [0.1, 0.15) is 0 Å². The summed E-state index contributed by atoms with van der Waals surface area (Å²) in [5.74, 6) is 0. The Morgan fingerprint density at radius 3 is 3.25 bits per heavy atom. The lowest BCUT2D eigenvalue weighted by atomic mass is 10.3. The van der Waals surface area contributed by atoms with Gasteiger partial charge in [0.25, 0.3) is 0 Å². The first-order valence-electron chi connectivity index (χ1n) is 3.75. The van der Waals surface area contributed by atoms with Crippen LogP contribution in [-0.4, -0.2) is 8.77 Å². The van der Waals surface area contributed by atoms with Gasteiger partial charge < -0.3 is 4.40 Å². The Hall–Kier alpha value is -1.35. The van der Waals surface area contributed by atoms with E-state index in [-0.39, 0.29) is 0 Å². The molecule has 0 amide bonds. The van der Waals surface area contributed by atoms with Crippen molar-refractivity contribution in [1.29, 1.82) is 0 Å². The van der Waals surface area contributed by atoms with E-state index in [1.807, 2.05) is 24.5 Å². The molecule has 0 atom stereocenters. The van der Waals surface area contributed by atoms with Crippen molar-refractivity contribution in [2.45, 2.75) is 0 Å². The molecule has 2 nitrogen and oxygen atoms in total. The Bertz CT molecular complexity index is 486. The van der Waals surface area contributed by atoms with E-state index in [2.05, 4.69) is 20.2 Å². The third-order valence-electron chi connectivity index (χ3n) is 2.05. The van der Waals surface area contributed by atoms with Crippen LogP contribution in [0.4, 0.5) is 0 Å². The number of pyridine rings is 1. The van der Waals surface area contributed by atoms with Gasteiger partial charge in [-0.05, 0) is 29.7 Å². The van der Waals surface area contributed by atoms with Crippen LogP contribution in [0.5, 0.6) is 0 Å². The molecular weight excluding hydrogens is 168 g/mol. The zero-order valence-electron chi connectivity index (χ0n) is 6.27. The van der Waals surface area contributed by atoms with Crippen molar-refractivity contribution in [2.75, 3.05) is 0 Å². The highest BCUT2D eigenvalue weighted by molar-refractivity contribution is 7.04. The summed E-state index contributed by atoms with van der Waals surface area (Å²) in [5, 5.41) is 3.33. The Kier molecular flexibility index (Phi) is 1.07. The van der Waals surface area contributed by atoms with Gasteiger partial charge in [0.15, 0.2) is 0 Å². The molecule has 0 aromatic carbocycles. The molecular formula is C9H6N2S. The maximum Gasteiger partial charge on any atom is 0.0876 e. The molecule has 0 spiro atoms. The number of hydrogen-bond acceptors (Lipinski definition) is 2. The average molecular weight is 174 g/mol. The van der Waals surface area contributed by atoms with Crippen LogP contribution in [0, 0.1) is 0 Å². The molecule has 12 heavy (non-hydrogen) atoms. The predicted octanol–water partition coefficient (Wildman–Crippen LogP) is 2.55. The van der Waals surface area contributed by atoms with Crippen LogP contribution < -0.4 is 0 Å². The molecule has 0 aliphatic rings. The maximum absolute atomic E-state index is 4.28. The third-order valence-corrected chi connectivity index (χ3v) is 2.69. The van der Waals surface area contributed by atoms with Crippen molar-refractivity contribution >= 4 is 28.0 Å². The molecule has 0 saturated carbocycles. The molecule has 0 aliphatic heterocycles. The van der Waals surface area contributed by atoms with E-state index in [0.717, 1.165) is 5.52 Å². The molecule has 3 heterocycles. The summed E-state index contributed by atoms with van der Waals surface area (Å²) in [6, 6.07) is 6.20. The standard InChI is InChI=1S/C9H6N2S/c1-2-9-7-6-12-10-8(7)3-5-11(9)4-1/h1-6H. The maximum atomic E-state index is 4.28. The van der Waals surface area contributed by atoms with Crippen LogP contribution in [0.2, 0.25) is 0 Å². The summed E-state index contributed by atoms with van der Waals surface area (Å²) < 4.78 is 6.38. The lowest BCUT2D eigenvalue weighted by molar-refractivity contribution is 1.21. The largest absolute Gasteiger partial charge is 0.323 e. The van der Waals surface area contributed by atoms with E-state index in [0.29, 0.717) is 0 Å². The smallest absolute Gasteiger partial charge is 0.0876 e. The van der Waals surface area contributed by atoms with E-state index in [4.69, 9.17) is 0 Å². The molecule has 0 saturated heterocycles. The number of fused-ring (bicyclic) bond motifs is 3. The Morgan fingerprint density at radius 2 is 2.25 bits per heavy atom. The zero-order chi connectivity index (χ0) is 7.97. The van der Waals surface area contributed by atoms with Gasteiger partial charge >= 0.3 is 0 Å². The fraction of sp³-hybridized carbons (Fsp3) is 0. The number of hydrogen-bond donors (Lipinski definition) is 0. The molecule has 3 aromatic rings. The van der Waals surface area contributed by atoms with Gasteiger partial charge in [-0.15, -0.1) is 0 Å². The number of aromatic nitrogens is 2. The second-order valence-corrected chi connectivity index (χ2v) is 3.36. The van der Waals surface area contributed by atoms with E-state index < -0.39 is 0 Å². The summed E-state index contributed by atoms with van der Waals surface area (Å²) in [4.78, 5) is 0. The van der Waals surface area contributed by atoms with Crippen molar-refractivity contribution in [3.8, 4) is 0 Å². The fourth-order valence-corrected chi connectivity index (χ4v) is 2.13. The normalized spacial score (nSPS) is 11.3. The number of rotatable bonds is 0. The second-order valence-electron chi connectivity index (χ2n) is 2.73. The minimum absolute atomic E-state index is 1.09. The van der Waals surface area contributed by atoms with Crippen molar-refractivity contribution in [2.24, 2.45) is 0 Å². The first kappa shape index (κ1) is 6.20. The molecule has 58 valence electrons. The Labute approximate surface area is 73.2 Å². The lowest BCUT2D eigenvalue weighted by Crippen LogP contribution is -1.79. The monoisotopic (exact) mass is 174 g/mol. The van der Waals surface area contributed by atoms with Gasteiger partial charge in [-0.1, -0.05) is 0 Å². The highest BCUT2D eigenvalue weighted by Crippen LogP contribution is 2.20. The Morgan fingerprint density at radius 1 is 1.25 bits per heavy atom. The van der Waals surface area contributed by atoms with Crippen LogP contribution in [0.1, 0.15) is 0 Å². The highest BCUT2D eigenvalue weighted by Gasteiger charge is 2.00. The van der Waals surface area contributed by atoms with E-state index in [1.54, 1.807) is 0 Å². The minimum Gasteiger partial charge on any atom is -0.323 e. The quantitative estimate of drug-likeness (QED) is 0.512. The van der Waals surface area contributed by atoms with Gasteiger partial charge in [0, 0.05) is 23.2 Å². The summed E-state index contributed by atoms with van der Waals surface area (Å²) in [6.07, 6.45) is 4.09. The van der Waals surface area contributed by atoms with Crippen LogP contribution in [0.15, 0.2) is 36.0 Å². The number of nitrogens with zero attached hydrogens (tertiary/aromatic N) is 2. The third kappa shape index (κ3) is 0.662. The van der Waals surface area contributed by atoms with Gasteiger partial charge in [0.05, 0.1) is 11.0 Å². The average Bonchev–Trinajstić information content (AvgIpc) is 2.71. The second kappa shape index (κ2) is 2.08. The zero-order valence-corrected chi connectivity index (χ0v) is 7.08. The fourth-order valence-electron chi connectivity index (χ4n) is 1.46. The van der Waals surface area contributed by atoms with Crippen molar-refractivity contribution in [3.05, 3.63) is 36.0 Å². The molecule has 0 fully saturated rings. The van der Waals surface area contributed by atoms with Crippen molar-refractivity contribution < 1.29 is 0 Å². The lowest BCUT2D eigenvalue weighted by Gasteiger charge is -1.93. The molecule has 3 rings (SSSR count). The molecule has 0 N–H and O–H groups in total. The molecule has 0 radical (unpaired) electrons. The first-order valence-corrected chi connectivity index (χ1v) is 4.58. The van der Waals surface area contributed by atoms with E-state index in [9.17, 15) is 0 Å². The summed E-state index contributed by atoms with van der Waals surface area (Å²) in [7, 11) is 0. The van der Waals surface area contributed by atoms with Crippen molar-refractivity contribution in [1.82, 2.24) is 8.77 Å². The van der Waals surface area contributed by atoms with Crippen LogP contribution in [0.25, 0.3) is 16.4 Å². The summed E-state index contributed by atoms with van der Waals surface area (Å²) >= 11 is 1.51. The predicted molar refractivity (Wildman–Crippen MR) is 50.6 cm³/mol. The van der Waals surface area contributed by atoms with Gasteiger partial charge in [0.2, 0.25) is 0 Å². The minimum atomic E-state index is 1.09. The molecule has 3 heteroatoms. The molecule has 0 unspecified atom stereocenters. The van der Waals surface area contributed by atoms with Crippen LogP contribution >= 0.6 is 11.5 Å². The van der Waals surface area contributed by atoms with Gasteiger partial charge in [-0.2, -0.15) is 4.37 Å². The van der Waals surface area contributed by atoms with Gasteiger partial charge in [-0.3, -0.25) is 0 Å². The van der Waals surface area contributed by atoms with Crippen LogP contribution in [-0.2, 0) is 0 Å². The van der Waals surface area contributed by atoms with Crippen molar-refractivity contribution in [3.63, 3.8) is 0 Å². The molecule has 0 aliphatic carbocycles. The molecule has 3 aromatic heterocycles. The summed E-state index contributed by atoms with van der Waals surface area (Å²) in [6.45, 7) is 0. The SMILES string of the molecule is c1cc2c3csnc3ccn2c1. The highest BCUT2D eigenvalue weighted by atomic mass is 32.1. The first-order chi connectivity index (χ1) is 5.95. The summed E-state index contributed by atoms with van der Waals surface area (Å²) in [5.41, 5.74) is 2.33. The molecule has 0 bridgehead atoms. The van der Waals surface area contributed by atoms with E-state index >= 15 is 0 Å². The topological polar surface area (TPSA) is 17.3 Å².